The van der Waals surface area contributed by atoms with Gasteiger partial charge in [0.25, 0.3) is 5.91 Å². The number of amides is 1. The molecule has 0 spiro atoms. The van der Waals surface area contributed by atoms with E-state index < -0.39 is 0 Å². The second-order valence-electron chi connectivity index (χ2n) is 6.36. The lowest BCUT2D eigenvalue weighted by atomic mass is 10.1. The van der Waals surface area contributed by atoms with Crippen LogP contribution in [0.15, 0.2) is 48.5 Å². The highest BCUT2D eigenvalue weighted by atomic mass is 32.1. The van der Waals surface area contributed by atoms with Crippen molar-refractivity contribution >= 4 is 33.3 Å². The quantitative estimate of drug-likeness (QED) is 0.531. The predicted octanol–water partition coefficient (Wildman–Crippen LogP) is 4.87. The molecule has 4 nitrogen and oxygen atoms in total. The predicted molar refractivity (Wildman–Crippen MR) is 110 cm³/mol. The maximum absolute atomic E-state index is 12.2. The number of hydrogen-bond donors (Lipinski definition) is 2. The Kier molecular flexibility index (Phi) is 6.61. The van der Waals surface area contributed by atoms with Crippen molar-refractivity contribution in [1.82, 2.24) is 9.69 Å². The molecule has 0 saturated carbocycles. The van der Waals surface area contributed by atoms with Gasteiger partial charge in [-0.2, -0.15) is 4.37 Å². The van der Waals surface area contributed by atoms with Crippen LogP contribution in [0.4, 0.5) is 5.82 Å². The molecule has 136 valence electrons. The number of rotatable bonds is 9. The lowest BCUT2D eigenvalue weighted by Crippen LogP contribution is -2.25. The van der Waals surface area contributed by atoms with Crippen LogP contribution in [0, 0.1) is 0 Å². The molecule has 0 fully saturated rings. The Morgan fingerprint density at radius 1 is 1.04 bits per heavy atom. The number of aromatic nitrogens is 1. The van der Waals surface area contributed by atoms with E-state index in [0.29, 0.717) is 6.54 Å². The van der Waals surface area contributed by atoms with Crippen molar-refractivity contribution < 1.29 is 4.79 Å². The molecule has 0 aliphatic heterocycles. The van der Waals surface area contributed by atoms with Gasteiger partial charge in [-0.3, -0.25) is 4.79 Å². The number of nitrogens with zero attached hydrogens (tertiary/aromatic N) is 1. The molecule has 1 heterocycles. The summed E-state index contributed by atoms with van der Waals surface area (Å²) in [4.78, 5) is 12.2. The van der Waals surface area contributed by atoms with Crippen LogP contribution < -0.4 is 10.6 Å². The third-order valence-corrected chi connectivity index (χ3v) is 5.17. The van der Waals surface area contributed by atoms with E-state index in [9.17, 15) is 4.79 Å². The molecular weight excluding hydrogens is 342 g/mol. The Morgan fingerprint density at radius 3 is 2.65 bits per heavy atom. The summed E-state index contributed by atoms with van der Waals surface area (Å²) in [6, 6.07) is 16.1. The van der Waals surface area contributed by atoms with E-state index in [4.69, 9.17) is 0 Å². The highest BCUT2D eigenvalue weighted by Crippen LogP contribution is 2.25. The number of benzene rings is 2. The van der Waals surface area contributed by atoms with Crippen LogP contribution in [0.5, 0.6) is 0 Å². The Balaban J connectivity index is 1.40. The summed E-state index contributed by atoms with van der Waals surface area (Å²) < 4.78 is 5.63. The lowest BCUT2D eigenvalue weighted by Gasteiger charge is -2.07. The number of fused-ring (bicyclic) bond motifs is 1. The van der Waals surface area contributed by atoms with Crippen LogP contribution >= 0.6 is 11.5 Å². The average Bonchev–Trinajstić information content (AvgIpc) is 3.09. The number of carbonyl (C=O) groups excluding carboxylic acids is 1. The molecule has 3 aromatic rings. The summed E-state index contributed by atoms with van der Waals surface area (Å²) in [6.07, 6.45) is 4.31. The molecule has 5 heteroatoms. The van der Waals surface area contributed by atoms with Crippen molar-refractivity contribution in [2.75, 3.05) is 18.4 Å². The fraction of sp³-hybridized carbons (Fsp3) is 0.333. The Bertz CT molecular complexity index is 842. The van der Waals surface area contributed by atoms with Gasteiger partial charge in [0.05, 0.1) is 4.70 Å². The summed E-state index contributed by atoms with van der Waals surface area (Å²) in [5, 5.41) is 7.50. The summed E-state index contributed by atoms with van der Waals surface area (Å²) >= 11 is 1.50. The second kappa shape index (κ2) is 9.34. The van der Waals surface area contributed by atoms with E-state index in [0.717, 1.165) is 36.2 Å². The van der Waals surface area contributed by atoms with Gasteiger partial charge >= 0.3 is 0 Å². The number of nitrogens with one attached hydrogen (secondary N) is 2. The first kappa shape index (κ1) is 18.4. The van der Waals surface area contributed by atoms with Crippen molar-refractivity contribution in [3.8, 4) is 0 Å². The maximum Gasteiger partial charge on any atom is 0.251 e. The molecule has 0 unspecified atom stereocenters. The van der Waals surface area contributed by atoms with E-state index in [1.165, 1.54) is 34.6 Å². The Morgan fingerprint density at radius 2 is 1.85 bits per heavy atom. The number of unbranched alkanes of at least 4 members (excludes halogenated alkanes) is 1. The topological polar surface area (TPSA) is 54.0 Å². The highest BCUT2D eigenvalue weighted by Gasteiger charge is 2.06. The van der Waals surface area contributed by atoms with Crippen molar-refractivity contribution in [3.63, 3.8) is 0 Å². The molecule has 1 amide bonds. The van der Waals surface area contributed by atoms with Gasteiger partial charge < -0.3 is 10.6 Å². The van der Waals surface area contributed by atoms with E-state index in [-0.39, 0.29) is 5.91 Å². The van der Waals surface area contributed by atoms with Gasteiger partial charge in [0.2, 0.25) is 0 Å². The molecule has 1 aromatic heterocycles. The Hall–Kier alpha value is -2.40. The molecule has 26 heavy (non-hydrogen) atoms. The molecule has 0 saturated heterocycles. The van der Waals surface area contributed by atoms with Crippen LogP contribution in [0.2, 0.25) is 0 Å². The zero-order chi connectivity index (χ0) is 18.2. The SMILES string of the molecule is CCCCc1ccc(C(=O)NCCCNc2nsc3ccccc23)cc1. The molecule has 0 aliphatic rings. The number of anilines is 1. The Labute approximate surface area is 158 Å². The second-order valence-corrected chi connectivity index (χ2v) is 7.17. The first-order chi connectivity index (χ1) is 12.8. The van der Waals surface area contributed by atoms with Gasteiger partial charge in [-0.25, -0.2) is 0 Å². The van der Waals surface area contributed by atoms with Gasteiger partial charge in [0, 0.05) is 24.0 Å². The van der Waals surface area contributed by atoms with Crippen LogP contribution in [0.1, 0.15) is 42.1 Å². The molecular formula is C21H25N3OS. The van der Waals surface area contributed by atoms with Gasteiger partial charge in [-0.15, -0.1) is 0 Å². The number of carbonyl (C=O) groups is 1. The van der Waals surface area contributed by atoms with Crippen molar-refractivity contribution in [2.24, 2.45) is 0 Å². The molecule has 2 aromatic carbocycles. The monoisotopic (exact) mass is 367 g/mol. The van der Waals surface area contributed by atoms with Crippen LogP contribution in [0.25, 0.3) is 10.1 Å². The van der Waals surface area contributed by atoms with E-state index >= 15 is 0 Å². The average molecular weight is 368 g/mol. The van der Waals surface area contributed by atoms with E-state index in [1.54, 1.807) is 0 Å². The van der Waals surface area contributed by atoms with Gasteiger partial charge in [-0.05, 0) is 60.6 Å². The molecule has 0 atom stereocenters. The summed E-state index contributed by atoms with van der Waals surface area (Å²) in [5.74, 6) is 0.922. The first-order valence-electron chi connectivity index (χ1n) is 9.23. The molecule has 0 aliphatic carbocycles. The highest BCUT2D eigenvalue weighted by molar-refractivity contribution is 7.13. The lowest BCUT2D eigenvalue weighted by molar-refractivity contribution is 0.0953. The fourth-order valence-corrected chi connectivity index (χ4v) is 3.57. The van der Waals surface area contributed by atoms with E-state index in [1.807, 2.05) is 24.3 Å². The zero-order valence-electron chi connectivity index (χ0n) is 15.1. The fourth-order valence-electron chi connectivity index (χ4n) is 2.82. The zero-order valence-corrected chi connectivity index (χ0v) is 15.9. The normalized spacial score (nSPS) is 10.8. The summed E-state index contributed by atoms with van der Waals surface area (Å²) in [7, 11) is 0. The van der Waals surface area contributed by atoms with Crippen LogP contribution in [0.3, 0.4) is 0 Å². The number of hydrogen-bond acceptors (Lipinski definition) is 4. The number of aryl methyl sites for hydroxylation is 1. The van der Waals surface area contributed by atoms with Crippen molar-refractivity contribution in [2.45, 2.75) is 32.6 Å². The molecule has 0 bridgehead atoms. The third-order valence-electron chi connectivity index (χ3n) is 4.34. The molecule has 3 rings (SSSR count). The minimum atomic E-state index is -0.00819. The smallest absolute Gasteiger partial charge is 0.251 e. The van der Waals surface area contributed by atoms with Crippen molar-refractivity contribution in [3.05, 3.63) is 59.7 Å². The summed E-state index contributed by atoms with van der Waals surface area (Å²) in [6.45, 7) is 3.61. The van der Waals surface area contributed by atoms with Crippen LogP contribution in [-0.2, 0) is 6.42 Å². The van der Waals surface area contributed by atoms with Crippen molar-refractivity contribution in [1.29, 1.82) is 0 Å². The van der Waals surface area contributed by atoms with Gasteiger partial charge in [0.1, 0.15) is 5.82 Å². The maximum atomic E-state index is 12.2. The minimum Gasteiger partial charge on any atom is -0.369 e. The van der Waals surface area contributed by atoms with Gasteiger partial charge in [-0.1, -0.05) is 37.6 Å². The first-order valence-corrected chi connectivity index (χ1v) is 10.0. The summed E-state index contributed by atoms with van der Waals surface area (Å²) in [5.41, 5.74) is 2.02. The van der Waals surface area contributed by atoms with E-state index in [2.05, 4.69) is 46.2 Å². The largest absolute Gasteiger partial charge is 0.369 e. The molecule has 0 radical (unpaired) electrons. The standard InChI is InChI=1S/C21H25N3OS/c1-2-3-7-16-10-12-17(13-11-16)21(25)23-15-6-14-22-20-18-8-4-5-9-19(18)26-24-20/h4-5,8-13H,2-3,6-7,14-15H2,1H3,(H,22,24)(H,23,25). The van der Waals surface area contributed by atoms with Gasteiger partial charge in [0.15, 0.2) is 0 Å². The van der Waals surface area contributed by atoms with Crippen LogP contribution in [-0.4, -0.2) is 23.4 Å². The third kappa shape index (κ3) is 4.82. The minimum absolute atomic E-state index is 0.00819. The molecule has 2 N–H and O–H groups in total.